The second kappa shape index (κ2) is 1.97. The van der Waals surface area contributed by atoms with Gasteiger partial charge in [0.25, 0.3) is 5.56 Å². The molecule has 0 saturated carbocycles. The average Bonchev–Trinajstić information content (AvgIpc) is 2.48. The Morgan fingerprint density at radius 2 is 2.25 bits per heavy atom. The number of rotatable bonds is 0. The van der Waals surface area contributed by atoms with Crippen molar-refractivity contribution in [3.8, 4) is 0 Å². The summed E-state index contributed by atoms with van der Waals surface area (Å²) in [7, 11) is 0. The Hall–Kier alpha value is -2.05. The van der Waals surface area contributed by atoms with Gasteiger partial charge < -0.3 is 10.2 Å². The Kier molecular flexibility index (Phi) is 1.09. The second-order valence-electron chi connectivity index (χ2n) is 2.16. The molecule has 2 heterocycles. The molecule has 2 N–H and O–H groups in total. The van der Waals surface area contributed by atoms with E-state index < -0.39 is 11.2 Å². The molecule has 0 spiro atoms. The summed E-state index contributed by atoms with van der Waals surface area (Å²) >= 11 is 0. The molecule has 7 heteroatoms. The van der Waals surface area contributed by atoms with Crippen molar-refractivity contribution < 1.29 is 0 Å². The first-order chi connectivity index (χ1) is 5.70. The molecule has 0 fully saturated rings. The van der Waals surface area contributed by atoms with Crippen molar-refractivity contribution in [3.05, 3.63) is 32.4 Å². The fraction of sp³-hybridized carbons (Fsp3) is 0. The SMILES string of the molecule is O=c1[nH]c2nc[nH]c2c(=O)n1[O-]. The summed E-state index contributed by atoms with van der Waals surface area (Å²) in [6.07, 6.45) is 1.22. The summed E-state index contributed by atoms with van der Waals surface area (Å²) in [6, 6.07) is 0. The number of nitrogens with zero attached hydrogens (tertiary/aromatic N) is 2. The Morgan fingerprint density at radius 3 is 3.00 bits per heavy atom. The van der Waals surface area contributed by atoms with Gasteiger partial charge in [0.15, 0.2) is 5.65 Å². The van der Waals surface area contributed by atoms with Gasteiger partial charge in [-0.25, -0.2) is 9.78 Å². The van der Waals surface area contributed by atoms with E-state index in [2.05, 4.69) is 15.0 Å². The minimum atomic E-state index is -1.01. The molecule has 0 aliphatic rings. The highest BCUT2D eigenvalue weighted by molar-refractivity contribution is 5.67. The minimum Gasteiger partial charge on any atom is -0.800 e. The highest BCUT2D eigenvalue weighted by Crippen LogP contribution is 1.93. The first-order valence-corrected chi connectivity index (χ1v) is 3.06. The molecule has 2 rings (SSSR count). The zero-order chi connectivity index (χ0) is 8.72. The molecule has 0 amide bonds. The van der Waals surface area contributed by atoms with Gasteiger partial charge >= 0.3 is 5.69 Å². The van der Waals surface area contributed by atoms with Crippen LogP contribution in [-0.2, 0) is 0 Å². The van der Waals surface area contributed by atoms with Crippen molar-refractivity contribution in [3.63, 3.8) is 0 Å². The van der Waals surface area contributed by atoms with E-state index in [-0.39, 0.29) is 15.9 Å². The minimum absolute atomic E-state index is 0.00426. The number of fused-ring (bicyclic) bond motifs is 1. The molecule has 0 saturated heterocycles. The van der Waals surface area contributed by atoms with Crippen LogP contribution in [0, 0.1) is 5.21 Å². The third-order valence-corrected chi connectivity index (χ3v) is 1.45. The number of hydrogen-bond acceptors (Lipinski definition) is 4. The van der Waals surface area contributed by atoms with E-state index in [1.54, 1.807) is 0 Å². The molecular formula is C5H3N4O3-. The highest BCUT2D eigenvalue weighted by atomic mass is 16.5. The number of H-pyrrole nitrogens is 2. The van der Waals surface area contributed by atoms with Crippen molar-refractivity contribution >= 4 is 11.2 Å². The quantitative estimate of drug-likeness (QED) is 0.511. The lowest BCUT2D eigenvalue weighted by atomic mass is 10.5. The molecule has 0 atom stereocenters. The lowest BCUT2D eigenvalue weighted by Crippen LogP contribution is -2.31. The third kappa shape index (κ3) is 0.669. The van der Waals surface area contributed by atoms with Gasteiger partial charge in [0.2, 0.25) is 0 Å². The van der Waals surface area contributed by atoms with Crippen LogP contribution in [0.25, 0.3) is 11.2 Å². The summed E-state index contributed by atoms with van der Waals surface area (Å²) in [5.41, 5.74) is -1.84. The summed E-state index contributed by atoms with van der Waals surface area (Å²) in [4.78, 5) is 29.9. The summed E-state index contributed by atoms with van der Waals surface area (Å²) in [6.45, 7) is 0. The zero-order valence-electron chi connectivity index (χ0n) is 5.70. The van der Waals surface area contributed by atoms with E-state index in [0.717, 1.165) is 0 Å². The molecule has 12 heavy (non-hydrogen) atoms. The Bertz CT molecular complexity index is 533. The van der Waals surface area contributed by atoms with Crippen molar-refractivity contribution in [1.29, 1.82) is 0 Å². The van der Waals surface area contributed by atoms with Crippen LogP contribution in [-0.4, -0.2) is 19.7 Å². The maximum Gasteiger partial charge on any atom is 0.325 e. The van der Waals surface area contributed by atoms with E-state index in [0.29, 0.717) is 0 Å². The van der Waals surface area contributed by atoms with Gasteiger partial charge in [-0.1, -0.05) is 0 Å². The Balaban J connectivity index is 3.16. The lowest BCUT2D eigenvalue weighted by molar-refractivity contribution is 0.903. The van der Waals surface area contributed by atoms with E-state index in [4.69, 9.17) is 0 Å². The van der Waals surface area contributed by atoms with Crippen molar-refractivity contribution in [2.45, 2.75) is 0 Å². The smallest absolute Gasteiger partial charge is 0.325 e. The number of nitrogens with one attached hydrogen (secondary N) is 2. The van der Waals surface area contributed by atoms with Gasteiger partial charge in [-0.05, 0) is 0 Å². The van der Waals surface area contributed by atoms with E-state index in [9.17, 15) is 14.8 Å². The summed E-state index contributed by atoms with van der Waals surface area (Å²) in [5.74, 6) is 0. The molecule has 0 radical (unpaired) electrons. The number of hydrogen-bond donors (Lipinski definition) is 2. The van der Waals surface area contributed by atoms with Crippen LogP contribution in [0.2, 0.25) is 0 Å². The van der Waals surface area contributed by atoms with E-state index >= 15 is 0 Å². The fourth-order valence-corrected chi connectivity index (χ4v) is 0.898. The fourth-order valence-electron chi connectivity index (χ4n) is 0.898. The maximum absolute atomic E-state index is 11.0. The van der Waals surface area contributed by atoms with Gasteiger partial charge in [0.1, 0.15) is 5.52 Å². The Morgan fingerprint density at radius 1 is 1.50 bits per heavy atom. The summed E-state index contributed by atoms with van der Waals surface area (Å²) in [5, 5.41) is 10.7. The van der Waals surface area contributed by atoms with Crippen LogP contribution in [0.3, 0.4) is 0 Å². The molecule has 0 aliphatic carbocycles. The van der Waals surface area contributed by atoms with Gasteiger partial charge in [-0.3, -0.25) is 14.5 Å². The van der Waals surface area contributed by atoms with Crippen LogP contribution < -0.4 is 11.2 Å². The molecule has 0 unspecified atom stereocenters. The predicted octanol–water partition coefficient (Wildman–Crippen LogP) is -1.24. The van der Waals surface area contributed by atoms with Gasteiger partial charge in [-0.15, -0.1) is 0 Å². The first kappa shape index (κ1) is 6.65. The van der Waals surface area contributed by atoms with Crippen LogP contribution in [0.15, 0.2) is 15.9 Å². The maximum atomic E-state index is 11.0. The molecule has 0 aromatic carbocycles. The van der Waals surface area contributed by atoms with Crippen LogP contribution in [0.5, 0.6) is 0 Å². The van der Waals surface area contributed by atoms with Gasteiger partial charge in [0.05, 0.1) is 6.33 Å². The zero-order valence-corrected chi connectivity index (χ0v) is 5.70. The molecule has 0 aliphatic heterocycles. The number of aromatic nitrogens is 4. The molecule has 2 aromatic rings. The van der Waals surface area contributed by atoms with Crippen LogP contribution in [0.1, 0.15) is 0 Å². The second-order valence-corrected chi connectivity index (χ2v) is 2.16. The molecular weight excluding hydrogens is 164 g/mol. The average molecular weight is 167 g/mol. The van der Waals surface area contributed by atoms with Gasteiger partial charge in [-0.2, -0.15) is 0 Å². The van der Waals surface area contributed by atoms with E-state index in [1.165, 1.54) is 6.33 Å². The molecule has 7 nitrogen and oxygen atoms in total. The van der Waals surface area contributed by atoms with Crippen molar-refractivity contribution in [1.82, 2.24) is 19.7 Å². The van der Waals surface area contributed by atoms with Crippen molar-refractivity contribution in [2.75, 3.05) is 0 Å². The highest BCUT2D eigenvalue weighted by Gasteiger charge is 2.02. The lowest BCUT2D eigenvalue weighted by Gasteiger charge is -2.04. The monoisotopic (exact) mass is 167 g/mol. The molecule has 2 aromatic heterocycles. The predicted molar refractivity (Wildman–Crippen MR) is 39.7 cm³/mol. The van der Waals surface area contributed by atoms with Crippen LogP contribution in [0.4, 0.5) is 0 Å². The Labute approximate surface area is 64.3 Å². The topological polar surface area (TPSA) is 107 Å². The normalized spacial score (nSPS) is 10.7. The number of imidazole rings is 1. The summed E-state index contributed by atoms with van der Waals surface area (Å²) < 4.78 is -0.263. The van der Waals surface area contributed by atoms with Crippen molar-refractivity contribution in [2.24, 2.45) is 0 Å². The first-order valence-electron chi connectivity index (χ1n) is 3.06. The molecule has 62 valence electrons. The largest absolute Gasteiger partial charge is 0.800 e. The van der Waals surface area contributed by atoms with E-state index in [1.807, 2.05) is 0 Å². The van der Waals surface area contributed by atoms with Gasteiger partial charge in [0, 0.05) is 0 Å². The van der Waals surface area contributed by atoms with Crippen LogP contribution >= 0.6 is 0 Å². The molecule has 0 bridgehead atoms. The third-order valence-electron chi connectivity index (χ3n) is 1.45. The standard InChI is InChI=1S/C5H3N4O3/c10-4-2-3(7-1-6-2)8-5(11)9(4)12/h1H,(H,6,7)(H,8,11)/q-1. The number of aromatic amines is 2.